The fraction of sp³-hybridized carbons (Fsp3) is 0.133. The third-order valence-electron chi connectivity index (χ3n) is 3.02. The first-order valence-electron chi connectivity index (χ1n) is 6.70. The van der Waals surface area contributed by atoms with Crippen LogP contribution < -0.4 is 5.32 Å². The van der Waals surface area contributed by atoms with Crippen LogP contribution in [0.2, 0.25) is 5.02 Å². The number of amides is 1. The molecule has 5 nitrogen and oxygen atoms in total. The third-order valence-corrected chi connectivity index (χ3v) is 4.38. The summed E-state index contributed by atoms with van der Waals surface area (Å²) in [4.78, 5) is 16.9. The molecule has 112 valence electrons. The Kier molecular flexibility index (Phi) is 4.50. The highest BCUT2D eigenvalue weighted by Crippen LogP contribution is 2.30. The normalized spacial score (nSPS) is 10.6. The fourth-order valence-electron chi connectivity index (χ4n) is 1.94. The minimum Gasteiger partial charge on any atom is -0.349 e. The first-order chi connectivity index (χ1) is 10.7. The number of hydrogen-bond acceptors (Lipinski definition) is 4. The van der Waals surface area contributed by atoms with Crippen LogP contribution in [0.4, 0.5) is 0 Å². The third kappa shape index (κ3) is 3.35. The van der Waals surface area contributed by atoms with Crippen LogP contribution in [0, 0.1) is 0 Å². The van der Waals surface area contributed by atoms with Gasteiger partial charge in [0.1, 0.15) is 9.88 Å². The number of halogens is 1. The maximum Gasteiger partial charge on any atom is 0.263 e. The zero-order valence-electron chi connectivity index (χ0n) is 11.6. The Hall–Kier alpha value is -2.18. The second-order valence-electron chi connectivity index (χ2n) is 4.53. The largest absolute Gasteiger partial charge is 0.349 e. The minimum absolute atomic E-state index is 0.136. The first-order valence-corrected chi connectivity index (χ1v) is 7.90. The molecule has 0 spiro atoms. The van der Waals surface area contributed by atoms with Gasteiger partial charge in [-0.05, 0) is 12.1 Å². The molecule has 1 aromatic carbocycles. The SMILES string of the molecule is O=C(NCCn1cccn1)c1cnc(-c2ccccc2Cl)s1. The number of carbonyl (C=O) groups is 1. The van der Waals surface area contributed by atoms with E-state index in [9.17, 15) is 4.79 Å². The van der Waals surface area contributed by atoms with Crippen molar-refractivity contribution in [3.63, 3.8) is 0 Å². The Morgan fingerprint density at radius 2 is 2.18 bits per heavy atom. The Bertz CT molecular complexity index is 769. The van der Waals surface area contributed by atoms with E-state index in [1.54, 1.807) is 17.1 Å². The van der Waals surface area contributed by atoms with Gasteiger partial charge < -0.3 is 5.32 Å². The van der Waals surface area contributed by atoms with E-state index in [1.165, 1.54) is 11.3 Å². The smallest absolute Gasteiger partial charge is 0.263 e. The van der Waals surface area contributed by atoms with Crippen LogP contribution in [-0.2, 0) is 6.54 Å². The maximum atomic E-state index is 12.1. The van der Waals surface area contributed by atoms with E-state index in [-0.39, 0.29) is 5.91 Å². The molecule has 0 aliphatic carbocycles. The Labute approximate surface area is 136 Å². The molecule has 0 fully saturated rings. The van der Waals surface area contributed by atoms with E-state index in [1.807, 2.05) is 36.5 Å². The van der Waals surface area contributed by atoms with Gasteiger partial charge in [-0.25, -0.2) is 4.98 Å². The zero-order valence-corrected chi connectivity index (χ0v) is 13.1. The first kappa shape index (κ1) is 14.7. The summed E-state index contributed by atoms with van der Waals surface area (Å²) in [5.74, 6) is -0.136. The van der Waals surface area contributed by atoms with Crippen molar-refractivity contribution >= 4 is 28.8 Å². The monoisotopic (exact) mass is 332 g/mol. The van der Waals surface area contributed by atoms with Gasteiger partial charge in [-0.2, -0.15) is 5.10 Å². The van der Waals surface area contributed by atoms with Crippen LogP contribution in [-0.4, -0.2) is 27.2 Å². The number of aromatic nitrogens is 3. The lowest BCUT2D eigenvalue weighted by atomic mass is 10.2. The van der Waals surface area contributed by atoms with Crippen molar-refractivity contribution < 1.29 is 4.79 Å². The summed E-state index contributed by atoms with van der Waals surface area (Å²) >= 11 is 7.47. The van der Waals surface area contributed by atoms with Crippen LogP contribution in [0.15, 0.2) is 48.9 Å². The molecule has 0 saturated carbocycles. The number of benzene rings is 1. The molecule has 0 aliphatic rings. The molecule has 1 N–H and O–H groups in total. The van der Waals surface area contributed by atoms with E-state index in [4.69, 9.17) is 11.6 Å². The van der Waals surface area contributed by atoms with Crippen molar-refractivity contribution in [3.05, 3.63) is 58.8 Å². The predicted octanol–water partition coefficient (Wildman–Crippen LogP) is 3.09. The van der Waals surface area contributed by atoms with Gasteiger partial charge >= 0.3 is 0 Å². The van der Waals surface area contributed by atoms with Crippen LogP contribution >= 0.6 is 22.9 Å². The lowest BCUT2D eigenvalue weighted by Gasteiger charge is -2.03. The van der Waals surface area contributed by atoms with Crippen molar-refractivity contribution in [2.45, 2.75) is 6.54 Å². The molecule has 2 heterocycles. The molecule has 0 bridgehead atoms. The summed E-state index contributed by atoms with van der Waals surface area (Å²) in [6, 6.07) is 9.30. The van der Waals surface area contributed by atoms with Gasteiger partial charge in [0.15, 0.2) is 0 Å². The summed E-state index contributed by atoms with van der Waals surface area (Å²) < 4.78 is 1.77. The highest BCUT2D eigenvalue weighted by atomic mass is 35.5. The Morgan fingerprint density at radius 3 is 2.95 bits per heavy atom. The molecule has 0 aliphatic heterocycles. The molecule has 2 aromatic heterocycles. The summed E-state index contributed by atoms with van der Waals surface area (Å²) in [7, 11) is 0. The fourth-order valence-corrected chi connectivity index (χ4v) is 3.10. The zero-order chi connectivity index (χ0) is 15.4. The average molecular weight is 333 g/mol. The molecule has 0 atom stereocenters. The number of nitrogens with zero attached hydrogens (tertiary/aromatic N) is 3. The summed E-state index contributed by atoms with van der Waals surface area (Å²) in [6.07, 6.45) is 5.14. The van der Waals surface area contributed by atoms with Gasteiger partial charge in [0.05, 0.1) is 17.8 Å². The molecule has 0 unspecified atom stereocenters. The van der Waals surface area contributed by atoms with Crippen molar-refractivity contribution in [1.82, 2.24) is 20.1 Å². The van der Waals surface area contributed by atoms with Crippen LogP contribution in [0.1, 0.15) is 9.67 Å². The highest BCUT2D eigenvalue weighted by Gasteiger charge is 2.12. The summed E-state index contributed by atoms with van der Waals surface area (Å²) in [5, 5.41) is 8.30. The van der Waals surface area contributed by atoms with Crippen molar-refractivity contribution in [2.24, 2.45) is 0 Å². The van der Waals surface area contributed by atoms with Crippen LogP contribution in [0.3, 0.4) is 0 Å². The molecule has 7 heteroatoms. The number of carbonyl (C=O) groups excluding carboxylic acids is 1. The van der Waals surface area contributed by atoms with Gasteiger partial charge in [0.25, 0.3) is 5.91 Å². The van der Waals surface area contributed by atoms with E-state index in [2.05, 4.69) is 15.4 Å². The topological polar surface area (TPSA) is 59.8 Å². The van der Waals surface area contributed by atoms with E-state index < -0.39 is 0 Å². The number of thiazole rings is 1. The molecular weight excluding hydrogens is 320 g/mol. The van der Waals surface area contributed by atoms with Crippen LogP contribution in [0.25, 0.3) is 10.6 Å². The quantitative estimate of drug-likeness (QED) is 0.781. The second kappa shape index (κ2) is 6.72. The van der Waals surface area contributed by atoms with E-state index >= 15 is 0 Å². The molecule has 0 saturated heterocycles. The molecule has 3 aromatic rings. The standard InChI is InChI=1S/C15H13ClN4OS/c16-12-5-2-1-4-11(12)15-18-10-13(22-15)14(21)17-7-9-20-8-3-6-19-20/h1-6,8,10H,7,9H2,(H,17,21). The van der Waals surface area contributed by atoms with E-state index in [0.29, 0.717) is 23.0 Å². The molecular formula is C15H13ClN4OS. The van der Waals surface area contributed by atoms with Crippen LogP contribution in [0.5, 0.6) is 0 Å². The molecule has 0 radical (unpaired) electrons. The number of hydrogen-bond donors (Lipinski definition) is 1. The number of nitrogens with one attached hydrogen (secondary N) is 1. The second-order valence-corrected chi connectivity index (χ2v) is 5.97. The lowest BCUT2D eigenvalue weighted by Crippen LogP contribution is -2.26. The van der Waals surface area contributed by atoms with Gasteiger partial charge in [-0.15, -0.1) is 11.3 Å². The summed E-state index contributed by atoms with van der Waals surface area (Å²) in [6.45, 7) is 1.15. The maximum absolute atomic E-state index is 12.1. The Morgan fingerprint density at radius 1 is 1.32 bits per heavy atom. The highest BCUT2D eigenvalue weighted by molar-refractivity contribution is 7.17. The summed E-state index contributed by atoms with van der Waals surface area (Å²) in [5.41, 5.74) is 0.838. The molecule has 3 rings (SSSR count). The van der Waals surface area contributed by atoms with Crippen molar-refractivity contribution in [3.8, 4) is 10.6 Å². The van der Waals surface area contributed by atoms with Crippen molar-refractivity contribution in [1.29, 1.82) is 0 Å². The van der Waals surface area contributed by atoms with E-state index in [0.717, 1.165) is 10.6 Å². The average Bonchev–Trinajstić information content (AvgIpc) is 3.19. The van der Waals surface area contributed by atoms with Gasteiger partial charge in [-0.1, -0.05) is 29.8 Å². The van der Waals surface area contributed by atoms with Gasteiger partial charge in [-0.3, -0.25) is 9.48 Å². The number of rotatable bonds is 5. The minimum atomic E-state index is -0.136. The molecule has 1 amide bonds. The molecule has 22 heavy (non-hydrogen) atoms. The van der Waals surface area contributed by atoms with Gasteiger partial charge in [0.2, 0.25) is 0 Å². The predicted molar refractivity (Wildman–Crippen MR) is 87.1 cm³/mol. The van der Waals surface area contributed by atoms with Crippen molar-refractivity contribution in [2.75, 3.05) is 6.54 Å². The van der Waals surface area contributed by atoms with Gasteiger partial charge in [0, 0.05) is 24.5 Å². The lowest BCUT2D eigenvalue weighted by molar-refractivity contribution is 0.0956. The Balaban J connectivity index is 1.63.